The Morgan fingerprint density at radius 3 is 1.67 bits per heavy atom. The predicted octanol–water partition coefficient (Wildman–Crippen LogP) is -1.65. The van der Waals surface area contributed by atoms with E-state index in [0.717, 1.165) is 6.92 Å². The molecule has 0 spiro atoms. The number of hydrogen-bond donors (Lipinski definition) is 1. The molecular formula is C2H8O3Sn. The summed E-state index contributed by atoms with van der Waals surface area (Å²) in [7, 11) is 0. The van der Waals surface area contributed by atoms with Crippen LogP contribution in [0.15, 0.2) is 0 Å². The van der Waals surface area contributed by atoms with E-state index in [-0.39, 0.29) is 29.4 Å². The molecule has 0 heterocycles. The second-order valence-electron chi connectivity index (χ2n) is 0.519. The van der Waals surface area contributed by atoms with Gasteiger partial charge >= 0.3 is 23.9 Å². The average molecular weight is 199 g/mol. The minimum absolute atomic E-state index is 0. The van der Waals surface area contributed by atoms with Gasteiger partial charge in [-0.05, 0) is 0 Å². The predicted molar refractivity (Wildman–Crippen MR) is 25.5 cm³/mol. The first kappa shape index (κ1) is 16.3. The summed E-state index contributed by atoms with van der Waals surface area (Å²) in [5, 5.41) is 7.42. The van der Waals surface area contributed by atoms with E-state index in [1.165, 1.54) is 0 Å². The average Bonchev–Trinajstić information content (AvgIpc) is 0.811. The molecule has 0 aromatic rings. The van der Waals surface area contributed by atoms with Gasteiger partial charge in [-0.2, -0.15) is 0 Å². The van der Waals surface area contributed by atoms with Gasteiger partial charge in [0.15, 0.2) is 0 Å². The van der Waals surface area contributed by atoms with Gasteiger partial charge in [-0.25, -0.2) is 0 Å². The summed E-state index contributed by atoms with van der Waals surface area (Å²) >= 11 is 0. The monoisotopic (exact) mass is 200 g/mol. The van der Waals surface area contributed by atoms with Gasteiger partial charge in [0.25, 0.3) is 5.97 Å². The zero-order chi connectivity index (χ0) is 3.58. The van der Waals surface area contributed by atoms with E-state index < -0.39 is 5.97 Å². The summed E-state index contributed by atoms with van der Waals surface area (Å²) in [6, 6.07) is 0. The van der Waals surface area contributed by atoms with E-state index in [9.17, 15) is 0 Å². The van der Waals surface area contributed by atoms with Crippen molar-refractivity contribution < 1.29 is 15.4 Å². The number of carbonyl (C=O) groups is 1. The van der Waals surface area contributed by atoms with E-state index in [1.807, 2.05) is 0 Å². The normalized spacial score (nSPS) is 4.17. The minimum atomic E-state index is -0.833. The first-order valence-corrected chi connectivity index (χ1v) is 0.928. The van der Waals surface area contributed by atoms with Gasteiger partial charge in [0, 0.05) is 6.92 Å². The molecular weight excluding hydrogens is 191 g/mol. The molecule has 0 saturated heterocycles. The molecule has 0 aliphatic rings. The van der Waals surface area contributed by atoms with Crippen molar-refractivity contribution >= 4 is 29.9 Å². The Kier molecular flexibility index (Phi) is 24.4. The van der Waals surface area contributed by atoms with Crippen LogP contribution in [0.25, 0.3) is 0 Å². The van der Waals surface area contributed by atoms with Crippen LogP contribution < -0.4 is 0 Å². The van der Waals surface area contributed by atoms with Crippen molar-refractivity contribution in [1.29, 1.82) is 0 Å². The number of hydrogen-bond acceptors (Lipinski definition) is 1. The van der Waals surface area contributed by atoms with E-state index in [2.05, 4.69) is 0 Å². The maximum absolute atomic E-state index is 9.00. The summed E-state index contributed by atoms with van der Waals surface area (Å²) in [5.41, 5.74) is 0. The molecule has 0 saturated carbocycles. The van der Waals surface area contributed by atoms with E-state index in [0.29, 0.717) is 0 Å². The number of rotatable bonds is 0. The molecule has 0 amide bonds. The number of carboxylic acids is 1. The molecule has 3 nitrogen and oxygen atoms in total. The first-order chi connectivity index (χ1) is 1.73. The molecule has 0 aliphatic carbocycles. The molecule has 6 heavy (non-hydrogen) atoms. The number of carboxylic acid groups (broad SMARTS) is 1. The Morgan fingerprint density at radius 2 is 1.67 bits per heavy atom. The molecule has 3 N–H and O–H groups in total. The van der Waals surface area contributed by atoms with Crippen molar-refractivity contribution in [3.8, 4) is 0 Å². The molecule has 0 rings (SSSR count). The van der Waals surface area contributed by atoms with Crippen molar-refractivity contribution in [1.82, 2.24) is 0 Å². The molecule has 4 heteroatoms. The first-order valence-electron chi connectivity index (χ1n) is 0.928. The van der Waals surface area contributed by atoms with Crippen LogP contribution in [0.3, 0.4) is 0 Å². The van der Waals surface area contributed by atoms with Gasteiger partial charge in [0.2, 0.25) is 0 Å². The van der Waals surface area contributed by atoms with Gasteiger partial charge in [-0.3, -0.25) is 4.79 Å². The van der Waals surface area contributed by atoms with Crippen LogP contribution in [0.5, 0.6) is 0 Å². The fourth-order valence-electron chi connectivity index (χ4n) is 0. The summed E-state index contributed by atoms with van der Waals surface area (Å²) < 4.78 is 0. The molecule has 0 bridgehead atoms. The summed E-state index contributed by atoms with van der Waals surface area (Å²) in [6.07, 6.45) is 0. The van der Waals surface area contributed by atoms with E-state index in [1.54, 1.807) is 0 Å². The summed E-state index contributed by atoms with van der Waals surface area (Å²) in [6.45, 7) is 1.08. The van der Waals surface area contributed by atoms with Crippen molar-refractivity contribution in [2.24, 2.45) is 0 Å². The molecule has 2 radical (unpaired) electrons. The standard InChI is InChI=1S/C2H4O2.H2O.Sn.2H/c1-2(3)4;;;;/h1H3,(H,3,4);1H2;;;. The van der Waals surface area contributed by atoms with Crippen LogP contribution in [-0.4, -0.2) is 40.5 Å². The Morgan fingerprint density at radius 1 is 1.67 bits per heavy atom. The Labute approximate surface area is 52.6 Å². The fourth-order valence-corrected chi connectivity index (χ4v) is 0. The van der Waals surface area contributed by atoms with E-state index in [4.69, 9.17) is 9.90 Å². The molecule has 38 valence electrons. The number of aliphatic carboxylic acids is 1. The topological polar surface area (TPSA) is 68.8 Å². The molecule has 0 unspecified atom stereocenters. The molecule has 0 aromatic carbocycles. The Balaban J connectivity index is -0.0000000450. The third kappa shape index (κ3) is 843. The maximum atomic E-state index is 9.00. The van der Waals surface area contributed by atoms with Crippen molar-refractivity contribution in [3.63, 3.8) is 0 Å². The van der Waals surface area contributed by atoms with Gasteiger partial charge in [0.1, 0.15) is 0 Å². The summed E-state index contributed by atoms with van der Waals surface area (Å²) in [5.74, 6) is -0.833. The molecule has 0 fully saturated rings. The van der Waals surface area contributed by atoms with Gasteiger partial charge < -0.3 is 10.6 Å². The van der Waals surface area contributed by atoms with Crippen LogP contribution >= 0.6 is 0 Å². The second-order valence-corrected chi connectivity index (χ2v) is 0.519. The van der Waals surface area contributed by atoms with Crippen molar-refractivity contribution in [3.05, 3.63) is 0 Å². The quantitative estimate of drug-likeness (QED) is 0.474. The van der Waals surface area contributed by atoms with Gasteiger partial charge in [-0.1, -0.05) is 0 Å². The van der Waals surface area contributed by atoms with Crippen LogP contribution in [0, 0.1) is 0 Å². The Bertz CT molecular complexity index is 31.8. The van der Waals surface area contributed by atoms with Gasteiger partial charge in [0.05, 0.1) is 0 Å². The van der Waals surface area contributed by atoms with E-state index >= 15 is 0 Å². The fraction of sp³-hybridized carbons (Fsp3) is 0.500. The van der Waals surface area contributed by atoms with Crippen LogP contribution in [-0.2, 0) is 4.79 Å². The zero-order valence-corrected chi connectivity index (χ0v) is 7.60. The third-order valence-corrected chi connectivity index (χ3v) is 0. The van der Waals surface area contributed by atoms with Crippen LogP contribution in [0.4, 0.5) is 0 Å². The summed E-state index contributed by atoms with van der Waals surface area (Å²) in [4.78, 5) is 9.00. The third-order valence-electron chi connectivity index (χ3n) is 0. The molecule has 0 aromatic heterocycles. The zero-order valence-electron chi connectivity index (χ0n) is 3.56. The van der Waals surface area contributed by atoms with Gasteiger partial charge in [-0.15, -0.1) is 0 Å². The Hall–Kier alpha value is 0.229. The SMILES string of the molecule is CC(=O)O.O.[SnH2]. The van der Waals surface area contributed by atoms with Crippen molar-refractivity contribution in [2.45, 2.75) is 6.92 Å². The van der Waals surface area contributed by atoms with Crippen LogP contribution in [0.2, 0.25) is 0 Å². The van der Waals surface area contributed by atoms with Crippen LogP contribution in [0.1, 0.15) is 6.92 Å². The van der Waals surface area contributed by atoms with Crippen molar-refractivity contribution in [2.75, 3.05) is 0 Å². The molecule has 0 aliphatic heterocycles. The molecule has 0 atom stereocenters. The second kappa shape index (κ2) is 8.97.